The molecule has 0 saturated carbocycles. The minimum Gasteiger partial charge on any atom is -0.397 e. The lowest BCUT2D eigenvalue weighted by Gasteiger charge is -2.00. The van der Waals surface area contributed by atoms with E-state index >= 15 is 0 Å². The molecule has 0 rings (SSSR count). The van der Waals surface area contributed by atoms with Gasteiger partial charge in [0.1, 0.15) is 5.71 Å². The van der Waals surface area contributed by atoms with E-state index in [9.17, 15) is 17.6 Å². The highest BCUT2D eigenvalue weighted by molar-refractivity contribution is 5.97. The Morgan fingerprint density at radius 1 is 1.25 bits per heavy atom. The first-order valence-corrected chi connectivity index (χ1v) is 2.99. The first-order chi connectivity index (χ1) is 5.49. The first-order valence-electron chi connectivity index (χ1n) is 2.99. The summed E-state index contributed by atoms with van der Waals surface area (Å²) in [6.07, 6.45) is -5.33. The van der Waals surface area contributed by atoms with E-state index in [0.29, 0.717) is 6.08 Å². The van der Waals surface area contributed by atoms with Gasteiger partial charge < -0.3 is 5.73 Å². The molecule has 0 radical (unpaired) electrons. The molecule has 0 aliphatic heterocycles. The van der Waals surface area contributed by atoms with Crippen molar-refractivity contribution in [1.82, 2.24) is 0 Å². The van der Waals surface area contributed by atoms with Crippen LogP contribution in [-0.2, 0) is 0 Å². The van der Waals surface area contributed by atoms with Gasteiger partial charge in [0, 0.05) is 7.05 Å². The van der Waals surface area contributed by atoms with Gasteiger partial charge in [0.25, 0.3) is 12.9 Å². The molecule has 0 aromatic heterocycles. The Morgan fingerprint density at radius 2 is 1.75 bits per heavy atom. The van der Waals surface area contributed by atoms with Crippen molar-refractivity contribution in [3.8, 4) is 0 Å². The summed E-state index contributed by atoms with van der Waals surface area (Å²) >= 11 is 0. The molecule has 0 spiro atoms. The maximum absolute atomic E-state index is 11.8. The quantitative estimate of drug-likeness (QED) is 0.523. The SMILES string of the molecule is C/N=C(\C=C(/N)C(F)F)C(F)F. The molecule has 0 unspecified atom stereocenters. The van der Waals surface area contributed by atoms with E-state index < -0.39 is 24.3 Å². The number of halogens is 4. The minimum atomic E-state index is -2.93. The topological polar surface area (TPSA) is 38.4 Å². The van der Waals surface area contributed by atoms with E-state index in [0.717, 1.165) is 7.05 Å². The van der Waals surface area contributed by atoms with Crippen LogP contribution in [0.1, 0.15) is 0 Å². The summed E-state index contributed by atoms with van der Waals surface area (Å²) < 4.78 is 47.1. The lowest BCUT2D eigenvalue weighted by Crippen LogP contribution is -2.14. The summed E-state index contributed by atoms with van der Waals surface area (Å²) in [5.41, 5.74) is 3.08. The summed E-state index contributed by atoms with van der Waals surface area (Å²) in [5.74, 6) is 0. The fourth-order valence-electron chi connectivity index (χ4n) is 0.459. The molecule has 70 valence electrons. The summed E-state index contributed by atoms with van der Waals surface area (Å²) in [5, 5.41) is 0. The van der Waals surface area contributed by atoms with Gasteiger partial charge in [-0.15, -0.1) is 0 Å². The lowest BCUT2D eigenvalue weighted by molar-refractivity contribution is 0.187. The van der Waals surface area contributed by atoms with Crippen LogP contribution in [0.15, 0.2) is 16.8 Å². The zero-order valence-electron chi connectivity index (χ0n) is 6.27. The van der Waals surface area contributed by atoms with Crippen LogP contribution in [0, 0.1) is 0 Å². The second kappa shape index (κ2) is 4.74. The molecular weight excluding hydrogens is 176 g/mol. The van der Waals surface area contributed by atoms with Crippen molar-refractivity contribution in [2.45, 2.75) is 12.9 Å². The molecule has 0 aromatic rings. The highest BCUT2D eigenvalue weighted by Gasteiger charge is 2.13. The Morgan fingerprint density at radius 3 is 2.00 bits per heavy atom. The molecule has 0 aliphatic rings. The normalized spacial score (nSPS) is 14.6. The molecule has 0 aromatic carbocycles. The molecule has 6 heteroatoms. The third-order valence-electron chi connectivity index (χ3n) is 1.05. The van der Waals surface area contributed by atoms with Crippen molar-refractivity contribution in [3.63, 3.8) is 0 Å². The van der Waals surface area contributed by atoms with Crippen LogP contribution in [0.4, 0.5) is 17.6 Å². The number of allylic oxidation sites excluding steroid dienone is 2. The smallest absolute Gasteiger partial charge is 0.279 e. The van der Waals surface area contributed by atoms with Gasteiger partial charge in [-0.2, -0.15) is 0 Å². The summed E-state index contributed by atoms with van der Waals surface area (Å²) in [7, 11) is 1.08. The first kappa shape index (κ1) is 10.9. The average molecular weight is 184 g/mol. The van der Waals surface area contributed by atoms with E-state index in [1.165, 1.54) is 0 Å². The number of hydrogen-bond acceptors (Lipinski definition) is 2. The predicted molar refractivity (Wildman–Crippen MR) is 37.6 cm³/mol. The van der Waals surface area contributed by atoms with Gasteiger partial charge in [-0.3, -0.25) is 4.99 Å². The van der Waals surface area contributed by atoms with E-state index in [1.807, 2.05) is 0 Å². The van der Waals surface area contributed by atoms with Crippen molar-refractivity contribution in [2.75, 3.05) is 7.05 Å². The fourth-order valence-corrected chi connectivity index (χ4v) is 0.459. The van der Waals surface area contributed by atoms with Crippen molar-refractivity contribution in [3.05, 3.63) is 11.8 Å². The number of hydrogen-bond donors (Lipinski definition) is 1. The molecule has 0 bridgehead atoms. The van der Waals surface area contributed by atoms with Gasteiger partial charge in [-0.1, -0.05) is 0 Å². The Kier molecular flexibility index (Phi) is 4.31. The Bertz CT molecular complexity index is 198. The van der Waals surface area contributed by atoms with Crippen LogP contribution >= 0.6 is 0 Å². The molecule has 0 aliphatic carbocycles. The summed E-state index contributed by atoms with van der Waals surface area (Å²) in [4.78, 5) is 3.09. The molecule has 12 heavy (non-hydrogen) atoms. The maximum Gasteiger partial charge on any atom is 0.279 e. The van der Waals surface area contributed by atoms with Gasteiger partial charge in [0.15, 0.2) is 0 Å². The van der Waals surface area contributed by atoms with E-state index in [2.05, 4.69) is 4.99 Å². The van der Waals surface area contributed by atoms with Crippen LogP contribution in [0.25, 0.3) is 0 Å². The standard InChI is InChI=1S/C6H8F4N2/c1-12-4(6(9)10)2-3(11)5(7)8/h2,5-6H,11H2,1H3/b3-2-,12-4+. The third kappa shape index (κ3) is 3.36. The number of alkyl halides is 4. The third-order valence-corrected chi connectivity index (χ3v) is 1.05. The Labute approximate surface area is 66.8 Å². The number of rotatable bonds is 3. The molecular formula is C6H8F4N2. The van der Waals surface area contributed by atoms with Gasteiger partial charge in [-0.25, -0.2) is 17.6 Å². The second-order valence-corrected chi connectivity index (χ2v) is 1.89. The minimum absolute atomic E-state index is 0.481. The van der Waals surface area contributed by atoms with Crippen molar-refractivity contribution < 1.29 is 17.6 Å². The summed E-state index contributed by atoms with van der Waals surface area (Å²) in [6, 6.07) is 0. The molecule has 2 nitrogen and oxygen atoms in total. The van der Waals surface area contributed by atoms with Crippen LogP contribution in [-0.4, -0.2) is 25.6 Å². The molecule has 2 N–H and O–H groups in total. The Balaban J connectivity index is 4.49. The van der Waals surface area contributed by atoms with Crippen molar-refractivity contribution in [1.29, 1.82) is 0 Å². The molecule has 0 heterocycles. The molecule has 0 amide bonds. The number of nitrogens with two attached hydrogens (primary N) is 1. The number of aliphatic imine (C=N–C) groups is 1. The van der Waals surface area contributed by atoms with Crippen LogP contribution in [0.2, 0.25) is 0 Å². The van der Waals surface area contributed by atoms with Gasteiger partial charge in [0.2, 0.25) is 0 Å². The molecule has 0 fully saturated rings. The van der Waals surface area contributed by atoms with E-state index in [-0.39, 0.29) is 0 Å². The van der Waals surface area contributed by atoms with Gasteiger partial charge in [0.05, 0.1) is 5.70 Å². The highest BCUT2D eigenvalue weighted by Crippen LogP contribution is 2.05. The van der Waals surface area contributed by atoms with Crippen molar-refractivity contribution in [2.24, 2.45) is 10.7 Å². The summed E-state index contributed by atoms with van der Waals surface area (Å²) in [6.45, 7) is 0. The van der Waals surface area contributed by atoms with Crippen LogP contribution in [0.5, 0.6) is 0 Å². The zero-order valence-corrected chi connectivity index (χ0v) is 6.27. The molecule has 0 saturated heterocycles. The second-order valence-electron chi connectivity index (χ2n) is 1.89. The largest absolute Gasteiger partial charge is 0.397 e. The zero-order chi connectivity index (χ0) is 9.72. The average Bonchev–Trinajstić information content (AvgIpc) is 1.98. The lowest BCUT2D eigenvalue weighted by atomic mass is 10.3. The monoisotopic (exact) mass is 184 g/mol. The van der Waals surface area contributed by atoms with E-state index in [1.54, 1.807) is 0 Å². The Hall–Kier alpha value is -1.07. The van der Waals surface area contributed by atoms with Crippen LogP contribution < -0.4 is 5.73 Å². The van der Waals surface area contributed by atoms with Gasteiger partial charge >= 0.3 is 0 Å². The number of nitrogens with zero attached hydrogens (tertiary/aromatic N) is 1. The fraction of sp³-hybridized carbons (Fsp3) is 0.500. The van der Waals surface area contributed by atoms with Gasteiger partial charge in [-0.05, 0) is 6.08 Å². The van der Waals surface area contributed by atoms with Crippen molar-refractivity contribution >= 4 is 5.71 Å². The maximum atomic E-state index is 11.8. The van der Waals surface area contributed by atoms with E-state index in [4.69, 9.17) is 5.73 Å². The van der Waals surface area contributed by atoms with Crippen LogP contribution in [0.3, 0.4) is 0 Å². The predicted octanol–water partition coefficient (Wildman–Crippen LogP) is 1.43. The molecule has 0 atom stereocenters. The highest BCUT2D eigenvalue weighted by atomic mass is 19.3.